The molecule has 1 heterocycles. The van der Waals surface area contributed by atoms with E-state index in [-0.39, 0.29) is 0 Å². The standard InChI is InChI=1S/C21H17N2OP/c1-4-10-17(11-5-1)16-20-22-23-21(24-20)25(18-12-6-2-7-13-18)19-14-8-3-9-15-19/h1-15H,16H2. The highest BCUT2D eigenvalue weighted by Gasteiger charge is 2.22. The van der Waals surface area contributed by atoms with Crippen LogP contribution in [-0.2, 0) is 6.42 Å². The first-order valence-corrected chi connectivity index (χ1v) is 9.51. The van der Waals surface area contributed by atoms with E-state index in [9.17, 15) is 0 Å². The second-order valence-corrected chi connectivity index (χ2v) is 7.73. The Bertz CT molecular complexity index is 884. The number of nitrogens with zero attached hydrogens (tertiary/aromatic N) is 2. The first-order chi connectivity index (χ1) is 12.4. The highest BCUT2D eigenvalue weighted by Crippen LogP contribution is 2.31. The number of benzene rings is 3. The number of aromatic nitrogens is 2. The van der Waals surface area contributed by atoms with E-state index in [2.05, 4.69) is 70.9 Å². The molecule has 4 rings (SSSR count). The summed E-state index contributed by atoms with van der Waals surface area (Å²) in [4.78, 5) is 0. The zero-order valence-electron chi connectivity index (χ0n) is 13.6. The van der Waals surface area contributed by atoms with Gasteiger partial charge in [0.05, 0.1) is 6.42 Å². The summed E-state index contributed by atoms with van der Waals surface area (Å²) in [7, 11) is -0.840. The Morgan fingerprint density at radius 2 is 1.16 bits per heavy atom. The van der Waals surface area contributed by atoms with Crippen LogP contribution in [0.4, 0.5) is 0 Å². The molecule has 3 aromatic carbocycles. The third kappa shape index (κ3) is 3.67. The third-order valence-corrected chi connectivity index (χ3v) is 6.07. The molecule has 0 bridgehead atoms. The van der Waals surface area contributed by atoms with Crippen molar-refractivity contribution in [2.75, 3.05) is 0 Å². The molecule has 0 saturated heterocycles. The maximum absolute atomic E-state index is 6.07. The molecule has 0 spiro atoms. The number of hydrogen-bond acceptors (Lipinski definition) is 3. The highest BCUT2D eigenvalue weighted by molar-refractivity contribution is 7.79. The summed E-state index contributed by atoms with van der Waals surface area (Å²) in [6, 6.07) is 30.9. The van der Waals surface area contributed by atoms with E-state index in [1.807, 2.05) is 30.3 Å². The maximum Gasteiger partial charge on any atom is 0.246 e. The van der Waals surface area contributed by atoms with Crippen LogP contribution in [0, 0.1) is 0 Å². The van der Waals surface area contributed by atoms with Crippen LogP contribution in [0.1, 0.15) is 11.5 Å². The van der Waals surface area contributed by atoms with Crippen LogP contribution in [0.3, 0.4) is 0 Å². The van der Waals surface area contributed by atoms with E-state index in [1.54, 1.807) is 0 Å². The zero-order chi connectivity index (χ0) is 16.9. The molecule has 0 saturated carbocycles. The van der Waals surface area contributed by atoms with Gasteiger partial charge in [-0.25, -0.2) is 0 Å². The lowest BCUT2D eigenvalue weighted by Crippen LogP contribution is -2.21. The van der Waals surface area contributed by atoms with E-state index in [0.29, 0.717) is 17.9 Å². The molecule has 0 aliphatic carbocycles. The first kappa shape index (κ1) is 15.7. The molecule has 4 heteroatoms. The molecule has 0 amide bonds. The molecule has 0 aliphatic rings. The predicted octanol–water partition coefficient (Wildman–Crippen LogP) is 3.42. The normalized spacial score (nSPS) is 10.9. The maximum atomic E-state index is 6.07. The minimum atomic E-state index is -0.840. The van der Waals surface area contributed by atoms with Crippen LogP contribution in [0.25, 0.3) is 0 Å². The van der Waals surface area contributed by atoms with Crippen molar-refractivity contribution in [3.8, 4) is 0 Å². The number of rotatable bonds is 5. The molecule has 3 nitrogen and oxygen atoms in total. The van der Waals surface area contributed by atoms with Crippen molar-refractivity contribution in [3.63, 3.8) is 0 Å². The second kappa shape index (κ2) is 7.42. The monoisotopic (exact) mass is 344 g/mol. The fourth-order valence-corrected chi connectivity index (χ4v) is 4.71. The quantitative estimate of drug-likeness (QED) is 0.521. The van der Waals surface area contributed by atoms with Crippen molar-refractivity contribution in [1.82, 2.24) is 10.2 Å². The smallest absolute Gasteiger partial charge is 0.246 e. The predicted molar refractivity (Wildman–Crippen MR) is 102 cm³/mol. The lowest BCUT2D eigenvalue weighted by atomic mass is 10.2. The van der Waals surface area contributed by atoms with Gasteiger partial charge < -0.3 is 4.42 Å². The molecule has 0 atom stereocenters. The molecular formula is C21H17N2OP. The van der Waals surface area contributed by atoms with Gasteiger partial charge in [-0.3, -0.25) is 0 Å². The van der Waals surface area contributed by atoms with Crippen molar-refractivity contribution >= 4 is 24.2 Å². The van der Waals surface area contributed by atoms with E-state index >= 15 is 0 Å². The summed E-state index contributed by atoms with van der Waals surface area (Å²) < 4.78 is 6.07. The van der Waals surface area contributed by atoms with Crippen LogP contribution in [0.2, 0.25) is 0 Å². The van der Waals surface area contributed by atoms with Crippen molar-refractivity contribution in [2.24, 2.45) is 0 Å². The molecule has 0 unspecified atom stereocenters. The van der Waals surface area contributed by atoms with Crippen LogP contribution in [0.15, 0.2) is 95.4 Å². The molecular weight excluding hydrogens is 327 g/mol. The summed E-state index contributed by atoms with van der Waals surface area (Å²) in [6.45, 7) is 0. The summed E-state index contributed by atoms with van der Waals surface area (Å²) in [5, 5.41) is 11.1. The van der Waals surface area contributed by atoms with Gasteiger partial charge in [-0.05, 0) is 16.2 Å². The molecule has 0 aliphatic heterocycles. The van der Waals surface area contributed by atoms with Crippen molar-refractivity contribution in [1.29, 1.82) is 0 Å². The molecule has 1 aromatic heterocycles. The Balaban J connectivity index is 1.69. The Morgan fingerprint density at radius 1 is 0.640 bits per heavy atom. The fraction of sp³-hybridized carbons (Fsp3) is 0.0476. The summed E-state index contributed by atoms with van der Waals surface area (Å²) in [5.41, 5.74) is 1.86. The second-order valence-electron chi connectivity index (χ2n) is 5.65. The van der Waals surface area contributed by atoms with Crippen molar-refractivity contribution in [2.45, 2.75) is 6.42 Å². The Labute approximate surface area is 148 Å². The first-order valence-electron chi connectivity index (χ1n) is 8.17. The van der Waals surface area contributed by atoms with Gasteiger partial charge in [0.15, 0.2) is 0 Å². The fourth-order valence-electron chi connectivity index (χ4n) is 2.70. The van der Waals surface area contributed by atoms with Gasteiger partial charge in [0, 0.05) is 7.92 Å². The number of hydrogen-bond donors (Lipinski definition) is 0. The van der Waals surface area contributed by atoms with E-state index in [1.165, 1.54) is 16.2 Å². The van der Waals surface area contributed by atoms with Gasteiger partial charge in [0.2, 0.25) is 11.5 Å². The van der Waals surface area contributed by atoms with Crippen LogP contribution in [0.5, 0.6) is 0 Å². The minimum absolute atomic E-state index is 0.653. The highest BCUT2D eigenvalue weighted by atomic mass is 31.1. The van der Waals surface area contributed by atoms with E-state index in [0.717, 1.165) is 0 Å². The Morgan fingerprint density at radius 3 is 1.72 bits per heavy atom. The summed E-state index contributed by atoms with van der Waals surface area (Å²) in [6.07, 6.45) is 0.653. The van der Waals surface area contributed by atoms with Crippen LogP contribution in [-0.4, -0.2) is 10.2 Å². The largest absolute Gasteiger partial charge is 0.420 e. The van der Waals surface area contributed by atoms with E-state index in [4.69, 9.17) is 4.42 Å². The van der Waals surface area contributed by atoms with Gasteiger partial charge in [-0.15, -0.1) is 10.2 Å². The van der Waals surface area contributed by atoms with Gasteiger partial charge in [-0.2, -0.15) is 0 Å². The molecule has 0 radical (unpaired) electrons. The molecule has 25 heavy (non-hydrogen) atoms. The Hall–Kier alpha value is -2.77. The van der Waals surface area contributed by atoms with Crippen LogP contribution < -0.4 is 16.2 Å². The topological polar surface area (TPSA) is 38.9 Å². The minimum Gasteiger partial charge on any atom is -0.420 e. The molecule has 4 aromatic rings. The molecule has 122 valence electrons. The van der Waals surface area contributed by atoms with Gasteiger partial charge >= 0.3 is 0 Å². The van der Waals surface area contributed by atoms with Gasteiger partial charge in [0.25, 0.3) is 0 Å². The van der Waals surface area contributed by atoms with E-state index < -0.39 is 7.92 Å². The van der Waals surface area contributed by atoms with Gasteiger partial charge in [0.1, 0.15) is 0 Å². The zero-order valence-corrected chi connectivity index (χ0v) is 14.5. The van der Waals surface area contributed by atoms with Crippen molar-refractivity contribution < 1.29 is 4.42 Å². The summed E-state index contributed by atoms with van der Waals surface area (Å²) >= 11 is 0. The average molecular weight is 344 g/mol. The molecule has 0 N–H and O–H groups in total. The SMILES string of the molecule is c1ccc(Cc2nnc(P(c3ccccc3)c3ccccc3)o2)cc1. The van der Waals surface area contributed by atoms with Crippen LogP contribution >= 0.6 is 7.92 Å². The third-order valence-electron chi connectivity index (χ3n) is 3.87. The lowest BCUT2D eigenvalue weighted by molar-refractivity contribution is 0.534. The average Bonchev–Trinajstić information content (AvgIpc) is 3.12. The lowest BCUT2D eigenvalue weighted by Gasteiger charge is -2.14. The van der Waals surface area contributed by atoms with Crippen molar-refractivity contribution in [3.05, 3.63) is 102 Å². The Kier molecular flexibility index (Phi) is 4.67. The van der Waals surface area contributed by atoms with Gasteiger partial charge in [-0.1, -0.05) is 91.0 Å². The summed E-state index contributed by atoms with van der Waals surface area (Å²) in [5.74, 6) is 0.653. The molecule has 0 fully saturated rings.